The molecule has 0 aliphatic heterocycles. The molecule has 0 aromatic carbocycles. The predicted molar refractivity (Wildman–Crippen MR) is 70.7 cm³/mol. The molecule has 0 radical (unpaired) electrons. The third-order valence-corrected chi connectivity index (χ3v) is 3.05. The van der Waals surface area contributed by atoms with Crippen molar-refractivity contribution in [3.63, 3.8) is 0 Å². The Kier molecular flexibility index (Phi) is 5.77. The lowest BCUT2D eigenvalue weighted by Crippen LogP contribution is -2.21. The van der Waals surface area contributed by atoms with Gasteiger partial charge in [-0.3, -0.25) is 0 Å². The molecule has 4 heteroatoms. The van der Waals surface area contributed by atoms with E-state index in [1.54, 1.807) is 11.8 Å². The molecular weight excluding hydrogens is 218 g/mol. The minimum absolute atomic E-state index is 0.336. The van der Waals surface area contributed by atoms with E-state index in [0.717, 1.165) is 30.2 Å². The van der Waals surface area contributed by atoms with E-state index in [1.807, 2.05) is 6.20 Å². The highest BCUT2D eigenvalue weighted by molar-refractivity contribution is 7.97. The van der Waals surface area contributed by atoms with E-state index in [9.17, 15) is 0 Å². The van der Waals surface area contributed by atoms with Crippen molar-refractivity contribution in [2.24, 2.45) is 0 Å². The van der Waals surface area contributed by atoms with Gasteiger partial charge in [-0.25, -0.2) is 9.97 Å². The van der Waals surface area contributed by atoms with Crippen LogP contribution in [-0.2, 0) is 5.75 Å². The maximum absolute atomic E-state index is 4.52. The zero-order valence-electron chi connectivity index (χ0n) is 10.6. The van der Waals surface area contributed by atoms with Gasteiger partial charge in [0.2, 0.25) is 0 Å². The molecule has 0 spiro atoms. The lowest BCUT2D eigenvalue weighted by Gasteiger charge is -2.15. The van der Waals surface area contributed by atoms with Gasteiger partial charge in [0.25, 0.3) is 0 Å². The van der Waals surface area contributed by atoms with Crippen molar-refractivity contribution in [1.82, 2.24) is 15.3 Å². The molecule has 1 unspecified atom stereocenters. The number of rotatable bonds is 6. The summed E-state index contributed by atoms with van der Waals surface area (Å²) in [5.41, 5.74) is 2.30. The van der Waals surface area contributed by atoms with Crippen LogP contribution in [0.25, 0.3) is 0 Å². The SMILES string of the molecule is CCCNC(C)c1cnc(CSC)nc1C. The molecule has 3 nitrogen and oxygen atoms in total. The summed E-state index contributed by atoms with van der Waals surface area (Å²) in [4.78, 5) is 8.91. The molecule has 0 aliphatic carbocycles. The van der Waals surface area contributed by atoms with Crippen LogP contribution >= 0.6 is 11.8 Å². The molecular formula is C12H21N3S. The van der Waals surface area contributed by atoms with Crippen molar-refractivity contribution in [1.29, 1.82) is 0 Å². The average Bonchev–Trinajstić information content (AvgIpc) is 2.26. The van der Waals surface area contributed by atoms with Crippen molar-refractivity contribution in [3.05, 3.63) is 23.3 Å². The summed E-state index contributed by atoms with van der Waals surface area (Å²) in [6.07, 6.45) is 5.17. The summed E-state index contributed by atoms with van der Waals surface area (Å²) < 4.78 is 0. The Labute approximate surface area is 102 Å². The van der Waals surface area contributed by atoms with Gasteiger partial charge in [0.1, 0.15) is 5.82 Å². The number of aromatic nitrogens is 2. The molecule has 0 saturated heterocycles. The summed E-state index contributed by atoms with van der Waals surface area (Å²) in [6.45, 7) is 7.43. The van der Waals surface area contributed by atoms with Crippen LogP contribution in [0.15, 0.2) is 6.20 Å². The van der Waals surface area contributed by atoms with Gasteiger partial charge >= 0.3 is 0 Å². The van der Waals surface area contributed by atoms with Crippen molar-refractivity contribution >= 4 is 11.8 Å². The molecule has 1 atom stereocenters. The fourth-order valence-corrected chi connectivity index (χ4v) is 2.02. The quantitative estimate of drug-likeness (QED) is 0.828. The first-order valence-corrected chi connectivity index (χ1v) is 7.13. The Balaban J connectivity index is 2.73. The zero-order valence-corrected chi connectivity index (χ0v) is 11.4. The number of nitrogens with one attached hydrogen (secondary N) is 1. The zero-order chi connectivity index (χ0) is 12.0. The fraction of sp³-hybridized carbons (Fsp3) is 0.667. The highest BCUT2D eigenvalue weighted by atomic mass is 32.2. The van der Waals surface area contributed by atoms with Gasteiger partial charge < -0.3 is 5.32 Å². The van der Waals surface area contributed by atoms with Crippen LogP contribution < -0.4 is 5.32 Å². The molecule has 0 amide bonds. The molecule has 1 aromatic rings. The van der Waals surface area contributed by atoms with Crippen LogP contribution in [0.5, 0.6) is 0 Å². The highest BCUT2D eigenvalue weighted by Crippen LogP contribution is 2.15. The van der Waals surface area contributed by atoms with Gasteiger partial charge in [-0.15, -0.1) is 0 Å². The van der Waals surface area contributed by atoms with Crippen molar-refractivity contribution in [3.8, 4) is 0 Å². The van der Waals surface area contributed by atoms with E-state index in [-0.39, 0.29) is 0 Å². The number of nitrogens with zero attached hydrogens (tertiary/aromatic N) is 2. The van der Waals surface area contributed by atoms with Crippen molar-refractivity contribution in [2.45, 2.75) is 39.0 Å². The second-order valence-corrected chi connectivity index (χ2v) is 4.80. The summed E-state index contributed by atoms with van der Waals surface area (Å²) in [6, 6.07) is 0.336. The minimum atomic E-state index is 0.336. The Morgan fingerprint density at radius 1 is 1.50 bits per heavy atom. The van der Waals surface area contributed by atoms with Gasteiger partial charge in [0.15, 0.2) is 0 Å². The van der Waals surface area contributed by atoms with Gasteiger partial charge in [-0.1, -0.05) is 6.92 Å². The molecule has 1 aromatic heterocycles. The largest absolute Gasteiger partial charge is 0.310 e. The lowest BCUT2D eigenvalue weighted by atomic mass is 10.1. The molecule has 90 valence electrons. The summed E-state index contributed by atoms with van der Waals surface area (Å²) >= 11 is 1.75. The summed E-state index contributed by atoms with van der Waals surface area (Å²) in [7, 11) is 0. The predicted octanol–water partition coefficient (Wildman–Crippen LogP) is 2.71. The van der Waals surface area contributed by atoms with Crippen LogP contribution in [-0.4, -0.2) is 22.8 Å². The van der Waals surface area contributed by atoms with Crippen molar-refractivity contribution in [2.75, 3.05) is 12.8 Å². The van der Waals surface area contributed by atoms with Crippen LogP contribution in [0.2, 0.25) is 0 Å². The second kappa shape index (κ2) is 6.86. The third-order valence-electron chi connectivity index (χ3n) is 2.51. The average molecular weight is 239 g/mol. The molecule has 0 aliphatic rings. The fourth-order valence-electron chi connectivity index (χ4n) is 1.62. The number of aryl methyl sites for hydroxylation is 1. The van der Waals surface area contributed by atoms with Gasteiger partial charge in [-0.05, 0) is 33.1 Å². The molecule has 0 fully saturated rings. The lowest BCUT2D eigenvalue weighted by molar-refractivity contribution is 0.563. The number of thioether (sulfide) groups is 1. The van der Waals surface area contributed by atoms with Gasteiger partial charge in [0.05, 0.1) is 5.75 Å². The topological polar surface area (TPSA) is 37.8 Å². The van der Waals surface area contributed by atoms with E-state index in [4.69, 9.17) is 0 Å². The molecule has 0 saturated carbocycles. The molecule has 0 bridgehead atoms. The number of hydrogen-bond donors (Lipinski definition) is 1. The smallest absolute Gasteiger partial charge is 0.138 e. The second-order valence-electron chi connectivity index (χ2n) is 3.94. The summed E-state index contributed by atoms with van der Waals surface area (Å²) in [5, 5.41) is 3.46. The van der Waals surface area contributed by atoms with Gasteiger partial charge in [-0.2, -0.15) is 11.8 Å². The van der Waals surface area contributed by atoms with Crippen LogP contribution in [0.1, 0.15) is 43.4 Å². The van der Waals surface area contributed by atoms with E-state index in [1.165, 1.54) is 5.56 Å². The standard InChI is InChI=1S/C12H21N3S/c1-5-6-13-9(2)11-7-14-12(8-16-4)15-10(11)3/h7,9,13H,5-6,8H2,1-4H3. The van der Waals surface area contributed by atoms with Crippen molar-refractivity contribution < 1.29 is 0 Å². The van der Waals surface area contributed by atoms with E-state index < -0.39 is 0 Å². The monoisotopic (exact) mass is 239 g/mol. The Morgan fingerprint density at radius 2 is 2.25 bits per heavy atom. The Bertz CT molecular complexity index is 328. The van der Waals surface area contributed by atoms with E-state index >= 15 is 0 Å². The summed E-state index contributed by atoms with van der Waals surface area (Å²) in [5.74, 6) is 1.81. The first-order chi connectivity index (χ1) is 7.69. The first-order valence-electron chi connectivity index (χ1n) is 5.73. The molecule has 1 rings (SSSR count). The number of hydrogen-bond acceptors (Lipinski definition) is 4. The van der Waals surface area contributed by atoms with E-state index in [0.29, 0.717) is 6.04 Å². The van der Waals surface area contributed by atoms with Crippen LogP contribution in [0.3, 0.4) is 0 Å². The van der Waals surface area contributed by atoms with Crippen LogP contribution in [0, 0.1) is 6.92 Å². The van der Waals surface area contributed by atoms with Crippen LogP contribution in [0.4, 0.5) is 0 Å². The van der Waals surface area contributed by atoms with E-state index in [2.05, 4.69) is 42.3 Å². The molecule has 16 heavy (non-hydrogen) atoms. The van der Waals surface area contributed by atoms with Gasteiger partial charge in [0, 0.05) is 23.5 Å². The Hall–Kier alpha value is -0.610. The third kappa shape index (κ3) is 3.76. The maximum atomic E-state index is 4.52. The normalized spacial score (nSPS) is 12.8. The Morgan fingerprint density at radius 3 is 2.81 bits per heavy atom. The highest BCUT2D eigenvalue weighted by Gasteiger charge is 2.09. The first kappa shape index (κ1) is 13.5. The molecule has 1 heterocycles. The minimum Gasteiger partial charge on any atom is -0.310 e. The molecule has 1 N–H and O–H groups in total. The maximum Gasteiger partial charge on any atom is 0.138 e.